The van der Waals surface area contributed by atoms with Crippen molar-refractivity contribution < 1.29 is 4.74 Å². The molecule has 0 aliphatic rings. The first-order valence-electron chi connectivity index (χ1n) is 5.52. The number of rotatable bonds is 2. The molecule has 3 aromatic rings. The van der Waals surface area contributed by atoms with Gasteiger partial charge in [-0.2, -0.15) is 5.10 Å². The van der Waals surface area contributed by atoms with E-state index in [1.165, 1.54) is 0 Å². The fourth-order valence-electron chi connectivity index (χ4n) is 1.92. The van der Waals surface area contributed by atoms with Crippen LogP contribution in [0.3, 0.4) is 0 Å². The Bertz CT molecular complexity index is 705. The van der Waals surface area contributed by atoms with E-state index in [0.29, 0.717) is 5.69 Å². The Morgan fingerprint density at radius 2 is 2.06 bits per heavy atom. The summed E-state index contributed by atoms with van der Waals surface area (Å²) in [7, 11) is 1.63. The predicted octanol–water partition coefficient (Wildman–Crippen LogP) is 2.01. The molecule has 0 fully saturated rings. The number of aromatic nitrogens is 3. The van der Waals surface area contributed by atoms with Crippen molar-refractivity contribution in [1.82, 2.24) is 14.8 Å². The summed E-state index contributed by atoms with van der Waals surface area (Å²) in [5, 5.41) is 5.24. The monoisotopic (exact) mass is 240 g/mol. The molecule has 2 heterocycles. The van der Waals surface area contributed by atoms with E-state index in [1.54, 1.807) is 24.2 Å². The molecule has 5 heteroatoms. The third-order valence-corrected chi connectivity index (χ3v) is 2.74. The second-order valence-corrected chi connectivity index (χ2v) is 3.91. The number of nitrogen functional groups attached to an aromatic ring is 1. The van der Waals surface area contributed by atoms with Crippen LogP contribution in [0.4, 0.5) is 5.69 Å². The van der Waals surface area contributed by atoms with Gasteiger partial charge in [0.05, 0.1) is 25.2 Å². The number of benzene rings is 1. The van der Waals surface area contributed by atoms with E-state index < -0.39 is 0 Å². The van der Waals surface area contributed by atoms with Crippen LogP contribution in [0.15, 0.2) is 42.7 Å². The van der Waals surface area contributed by atoms with Crippen molar-refractivity contribution in [2.75, 3.05) is 12.8 Å². The van der Waals surface area contributed by atoms with Gasteiger partial charge >= 0.3 is 0 Å². The van der Waals surface area contributed by atoms with Crippen LogP contribution in [0.2, 0.25) is 0 Å². The normalized spacial score (nSPS) is 10.7. The molecule has 0 spiro atoms. The van der Waals surface area contributed by atoms with Crippen molar-refractivity contribution in [1.29, 1.82) is 0 Å². The van der Waals surface area contributed by atoms with Crippen molar-refractivity contribution in [3.63, 3.8) is 0 Å². The van der Waals surface area contributed by atoms with Crippen LogP contribution in [-0.4, -0.2) is 21.9 Å². The smallest absolute Gasteiger partial charge is 0.163 e. The van der Waals surface area contributed by atoms with Gasteiger partial charge in [-0.15, -0.1) is 0 Å². The van der Waals surface area contributed by atoms with Crippen molar-refractivity contribution in [2.24, 2.45) is 0 Å². The highest BCUT2D eigenvalue weighted by Gasteiger charge is 2.10. The minimum Gasteiger partial charge on any atom is -0.494 e. The molecule has 1 aromatic carbocycles. The highest BCUT2D eigenvalue weighted by molar-refractivity contribution is 5.79. The molecular weight excluding hydrogens is 228 g/mol. The average molecular weight is 240 g/mol. The SMILES string of the molecule is COc1ccccc1-n1ncc2cc(N)cnc21. The van der Waals surface area contributed by atoms with Gasteiger partial charge in [0.1, 0.15) is 11.4 Å². The third-order valence-electron chi connectivity index (χ3n) is 2.74. The summed E-state index contributed by atoms with van der Waals surface area (Å²) < 4.78 is 7.07. The van der Waals surface area contributed by atoms with E-state index in [4.69, 9.17) is 10.5 Å². The molecule has 0 amide bonds. The number of hydrogen-bond donors (Lipinski definition) is 1. The molecule has 3 rings (SSSR count). The summed E-state index contributed by atoms with van der Waals surface area (Å²) in [6, 6.07) is 9.52. The first kappa shape index (κ1) is 10.6. The van der Waals surface area contributed by atoms with E-state index in [1.807, 2.05) is 30.3 Å². The predicted molar refractivity (Wildman–Crippen MR) is 69.8 cm³/mol. The van der Waals surface area contributed by atoms with Crippen molar-refractivity contribution in [3.8, 4) is 11.4 Å². The number of ether oxygens (including phenoxy) is 1. The number of methoxy groups -OCH3 is 1. The number of nitrogens with zero attached hydrogens (tertiary/aromatic N) is 3. The first-order chi connectivity index (χ1) is 8.79. The van der Waals surface area contributed by atoms with Crippen LogP contribution in [0.5, 0.6) is 5.75 Å². The van der Waals surface area contributed by atoms with Crippen LogP contribution in [0.25, 0.3) is 16.7 Å². The van der Waals surface area contributed by atoms with E-state index in [9.17, 15) is 0 Å². The zero-order chi connectivity index (χ0) is 12.5. The van der Waals surface area contributed by atoms with Gasteiger partial charge in [0.15, 0.2) is 5.65 Å². The molecule has 0 atom stereocenters. The second kappa shape index (κ2) is 4.03. The lowest BCUT2D eigenvalue weighted by Crippen LogP contribution is -2.00. The Labute approximate surface area is 104 Å². The summed E-state index contributed by atoms with van der Waals surface area (Å²) in [6.07, 6.45) is 3.36. The maximum Gasteiger partial charge on any atom is 0.163 e. The van der Waals surface area contributed by atoms with Gasteiger partial charge in [-0.1, -0.05) is 12.1 Å². The lowest BCUT2D eigenvalue weighted by molar-refractivity contribution is 0.412. The minimum absolute atomic E-state index is 0.627. The Balaban J connectivity index is 2.26. The van der Waals surface area contributed by atoms with E-state index in [0.717, 1.165) is 22.5 Å². The lowest BCUT2D eigenvalue weighted by atomic mass is 10.3. The molecule has 5 nitrogen and oxygen atoms in total. The van der Waals surface area contributed by atoms with Crippen LogP contribution < -0.4 is 10.5 Å². The molecule has 0 aliphatic carbocycles. The van der Waals surface area contributed by atoms with E-state index in [2.05, 4.69) is 10.1 Å². The number of fused-ring (bicyclic) bond motifs is 1. The molecule has 0 bridgehead atoms. The minimum atomic E-state index is 0.627. The van der Waals surface area contributed by atoms with Gasteiger partial charge in [0.2, 0.25) is 0 Å². The molecular formula is C13H12N4O. The summed E-state index contributed by atoms with van der Waals surface area (Å²) in [6.45, 7) is 0. The molecule has 0 aliphatic heterocycles. The van der Waals surface area contributed by atoms with Crippen LogP contribution >= 0.6 is 0 Å². The van der Waals surface area contributed by atoms with Gasteiger partial charge < -0.3 is 10.5 Å². The summed E-state index contributed by atoms with van der Waals surface area (Å²) in [5.41, 5.74) is 7.94. The maximum absolute atomic E-state index is 5.70. The van der Waals surface area contributed by atoms with E-state index in [-0.39, 0.29) is 0 Å². The summed E-state index contributed by atoms with van der Waals surface area (Å²) in [4.78, 5) is 4.31. The van der Waals surface area contributed by atoms with Crippen LogP contribution in [-0.2, 0) is 0 Å². The second-order valence-electron chi connectivity index (χ2n) is 3.91. The number of nitrogens with two attached hydrogens (primary N) is 1. The van der Waals surface area contributed by atoms with Gasteiger partial charge in [0.25, 0.3) is 0 Å². The molecule has 0 radical (unpaired) electrons. The Morgan fingerprint density at radius 3 is 2.89 bits per heavy atom. The Kier molecular flexibility index (Phi) is 2.37. The van der Waals surface area contributed by atoms with Gasteiger partial charge in [-0.25, -0.2) is 9.67 Å². The van der Waals surface area contributed by atoms with Gasteiger partial charge in [0, 0.05) is 5.39 Å². The third kappa shape index (κ3) is 1.57. The molecule has 18 heavy (non-hydrogen) atoms. The Morgan fingerprint density at radius 1 is 1.22 bits per heavy atom. The van der Waals surface area contributed by atoms with Crippen molar-refractivity contribution >= 4 is 16.7 Å². The highest BCUT2D eigenvalue weighted by Crippen LogP contribution is 2.25. The molecule has 2 N–H and O–H groups in total. The molecule has 0 saturated heterocycles. The lowest BCUT2D eigenvalue weighted by Gasteiger charge is -2.08. The Hall–Kier alpha value is -2.56. The maximum atomic E-state index is 5.70. The largest absolute Gasteiger partial charge is 0.494 e. The molecule has 90 valence electrons. The number of anilines is 1. The average Bonchev–Trinajstić information content (AvgIpc) is 2.81. The fourth-order valence-corrected chi connectivity index (χ4v) is 1.92. The van der Waals surface area contributed by atoms with Gasteiger partial charge in [-0.05, 0) is 18.2 Å². The zero-order valence-corrected chi connectivity index (χ0v) is 9.87. The summed E-state index contributed by atoms with van der Waals surface area (Å²) in [5.74, 6) is 0.751. The van der Waals surface area contributed by atoms with Crippen molar-refractivity contribution in [3.05, 3.63) is 42.7 Å². The molecule has 2 aromatic heterocycles. The summed E-state index contributed by atoms with van der Waals surface area (Å²) >= 11 is 0. The zero-order valence-electron chi connectivity index (χ0n) is 9.87. The number of hydrogen-bond acceptors (Lipinski definition) is 4. The standard InChI is InChI=1S/C13H12N4O/c1-18-12-5-3-2-4-11(12)17-13-9(7-16-17)6-10(14)8-15-13/h2-8H,14H2,1H3. The topological polar surface area (TPSA) is 66.0 Å². The number of pyridine rings is 1. The van der Waals surface area contributed by atoms with E-state index >= 15 is 0 Å². The quantitative estimate of drug-likeness (QED) is 0.744. The highest BCUT2D eigenvalue weighted by atomic mass is 16.5. The first-order valence-corrected chi connectivity index (χ1v) is 5.52. The number of para-hydroxylation sites is 2. The van der Waals surface area contributed by atoms with Gasteiger partial charge in [-0.3, -0.25) is 0 Å². The fraction of sp³-hybridized carbons (Fsp3) is 0.0769. The van der Waals surface area contributed by atoms with Crippen LogP contribution in [0.1, 0.15) is 0 Å². The van der Waals surface area contributed by atoms with Crippen LogP contribution in [0, 0.1) is 0 Å². The van der Waals surface area contributed by atoms with Crippen molar-refractivity contribution in [2.45, 2.75) is 0 Å². The molecule has 0 unspecified atom stereocenters. The molecule has 0 saturated carbocycles.